The first-order chi connectivity index (χ1) is 8.72. The number of halogens is 1. The predicted molar refractivity (Wildman–Crippen MR) is 78.4 cm³/mol. The molecule has 2 aromatic rings. The summed E-state index contributed by atoms with van der Waals surface area (Å²) in [4.78, 5) is 4.36. The molecule has 94 valence electrons. The number of aromatic nitrogens is 1. The number of hydrogen-bond donors (Lipinski definition) is 1. The van der Waals surface area contributed by atoms with Gasteiger partial charge >= 0.3 is 0 Å². The van der Waals surface area contributed by atoms with Crippen LogP contribution in [0.3, 0.4) is 0 Å². The van der Waals surface area contributed by atoms with Crippen LogP contribution in [0.25, 0.3) is 0 Å². The predicted octanol–water partition coefficient (Wildman–Crippen LogP) is 3.84. The van der Waals surface area contributed by atoms with Crippen LogP contribution in [0.15, 0.2) is 47.1 Å². The molecule has 0 aliphatic carbocycles. The Morgan fingerprint density at radius 2 is 2.11 bits per heavy atom. The van der Waals surface area contributed by atoms with E-state index < -0.39 is 0 Å². The molecule has 0 radical (unpaired) electrons. The number of aryl methyl sites for hydroxylation is 1. The van der Waals surface area contributed by atoms with E-state index in [-0.39, 0.29) is 6.04 Å². The van der Waals surface area contributed by atoms with E-state index in [4.69, 9.17) is 5.73 Å². The fourth-order valence-electron chi connectivity index (χ4n) is 2.02. The van der Waals surface area contributed by atoms with Gasteiger partial charge in [0.15, 0.2) is 0 Å². The van der Waals surface area contributed by atoms with E-state index in [9.17, 15) is 0 Å². The molecule has 1 atom stereocenters. The van der Waals surface area contributed by atoms with E-state index in [1.54, 1.807) is 6.20 Å². The summed E-state index contributed by atoms with van der Waals surface area (Å²) in [5.74, 6) is 0. The average Bonchev–Trinajstić information content (AvgIpc) is 2.39. The van der Waals surface area contributed by atoms with Gasteiger partial charge in [0.25, 0.3) is 0 Å². The lowest BCUT2D eigenvalue weighted by Gasteiger charge is -2.14. The summed E-state index contributed by atoms with van der Waals surface area (Å²) in [5, 5.41) is 0. The highest BCUT2D eigenvalue weighted by Gasteiger charge is 2.13. The number of nitrogens with two attached hydrogens (primary N) is 1. The molecule has 2 rings (SSSR count). The second-order valence-electron chi connectivity index (χ2n) is 4.34. The molecular formula is C15H17BrN2. The van der Waals surface area contributed by atoms with Gasteiger partial charge in [-0.05, 0) is 45.6 Å². The zero-order valence-electron chi connectivity index (χ0n) is 10.4. The highest BCUT2D eigenvalue weighted by atomic mass is 79.9. The second-order valence-corrected chi connectivity index (χ2v) is 5.20. The van der Waals surface area contributed by atoms with Gasteiger partial charge in [0.1, 0.15) is 0 Å². The third kappa shape index (κ3) is 2.98. The van der Waals surface area contributed by atoms with E-state index in [0.717, 1.165) is 28.6 Å². The van der Waals surface area contributed by atoms with Crippen molar-refractivity contribution in [3.63, 3.8) is 0 Å². The van der Waals surface area contributed by atoms with E-state index >= 15 is 0 Å². The van der Waals surface area contributed by atoms with E-state index in [1.165, 1.54) is 5.56 Å². The van der Waals surface area contributed by atoms with Gasteiger partial charge in [-0.25, -0.2) is 0 Å². The summed E-state index contributed by atoms with van der Waals surface area (Å²) in [7, 11) is 0. The zero-order chi connectivity index (χ0) is 13.0. The van der Waals surface area contributed by atoms with Crippen LogP contribution < -0.4 is 5.73 Å². The molecule has 1 aromatic heterocycles. The molecule has 0 saturated heterocycles. The summed E-state index contributed by atoms with van der Waals surface area (Å²) in [6, 6.07) is 12.1. The Bertz CT molecular complexity index is 525. The van der Waals surface area contributed by atoms with E-state index in [1.807, 2.05) is 12.1 Å². The van der Waals surface area contributed by atoms with Gasteiger partial charge in [-0.2, -0.15) is 0 Å². The number of pyridine rings is 1. The third-order valence-electron chi connectivity index (χ3n) is 2.93. The molecule has 1 unspecified atom stereocenters. The molecule has 0 fully saturated rings. The van der Waals surface area contributed by atoms with Gasteiger partial charge in [-0.3, -0.25) is 4.98 Å². The highest BCUT2D eigenvalue weighted by molar-refractivity contribution is 9.10. The summed E-state index contributed by atoms with van der Waals surface area (Å²) < 4.78 is 0.957. The van der Waals surface area contributed by atoms with Gasteiger partial charge in [-0.15, -0.1) is 0 Å². The molecule has 0 aliphatic heterocycles. The summed E-state index contributed by atoms with van der Waals surface area (Å²) in [6.45, 7) is 2.18. The number of hydrogen-bond acceptors (Lipinski definition) is 2. The van der Waals surface area contributed by atoms with Crippen molar-refractivity contribution in [2.24, 2.45) is 5.73 Å². The van der Waals surface area contributed by atoms with Gasteiger partial charge in [0.05, 0.1) is 11.7 Å². The Morgan fingerprint density at radius 1 is 1.28 bits per heavy atom. The van der Waals surface area contributed by atoms with Gasteiger partial charge < -0.3 is 5.73 Å². The van der Waals surface area contributed by atoms with Crippen LogP contribution in [-0.2, 0) is 6.42 Å². The van der Waals surface area contributed by atoms with Gasteiger partial charge in [-0.1, -0.05) is 37.6 Å². The molecule has 2 nitrogen and oxygen atoms in total. The fourth-order valence-corrected chi connectivity index (χ4v) is 2.52. The Kier molecular flexibility index (Phi) is 4.50. The number of benzene rings is 1. The Balaban J connectivity index is 2.31. The van der Waals surface area contributed by atoms with Crippen LogP contribution in [0.5, 0.6) is 0 Å². The normalized spacial score (nSPS) is 12.4. The molecule has 0 spiro atoms. The minimum atomic E-state index is -0.183. The van der Waals surface area contributed by atoms with Crippen molar-refractivity contribution in [3.8, 4) is 0 Å². The van der Waals surface area contributed by atoms with Crippen LogP contribution in [0.1, 0.15) is 36.2 Å². The smallest absolute Gasteiger partial charge is 0.0758 e. The van der Waals surface area contributed by atoms with Crippen molar-refractivity contribution in [3.05, 3.63) is 63.9 Å². The average molecular weight is 305 g/mol. The molecule has 0 amide bonds. The molecule has 1 heterocycles. The van der Waals surface area contributed by atoms with Crippen molar-refractivity contribution < 1.29 is 0 Å². The molecule has 0 bridgehead atoms. The molecule has 3 heteroatoms. The van der Waals surface area contributed by atoms with Crippen molar-refractivity contribution in [1.82, 2.24) is 4.98 Å². The summed E-state index contributed by atoms with van der Waals surface area (Å²) in [6.07, 6.45) is 4.01. The molecule has 18 heavy (non-hydrogen) atoms. The van der Waals surface area contributed by atoms with Crippen LogP contribution in [0.4, 0.5) is 0 Å². The Morgan fingerprint density at radius 3 is 2.83 bits per heavy atom. The number of rotatable bonds is 4. The van der Waals surface area contributed by atoms with Crippen molar-refractivity contribution in [1.29, 1.82) is 0 Å². The van der Waals surface area contributed by atoms with Crippen LogP contribution in [0.2, 0.25) is 0 Å². The van der Waals surface area contributed by atoms with Crippen molar-refractivity contribution in [2.75, 3.05) is 0 Å². The lowest BCUT2D eigenvalue weighted by molar-refractivity contribution is 0.816. The standard InChI is InChI=1S/C15H17BrN2/c1-2-5-11-6-3-7-12(10-11)14(17)15-13(16)8-4-9-18-15/h3-4,6-10,14H,2,5,17H2,1H3. The molecule has 0 aliphatic rings. The van der Waals surface area contributed by atoms with Crippen LogP contribution >= 0.6 is 15.9 Å². The first-order valence-corrected chi connectivity index (χ1v) is 6.96. The maximum atomic E-state index is 6.29. The minimum Gasteiger partial charge on any atom is -0.319 e. The summed E-state index contributed by atoms with van der Waals surface area (Å²) in [5.41, 5.74) is 9.61. The Labute approximate surface area is 116 Å². The second kappa shape index (κ2) is 6.12. The monoisotopic (exact) mass is 304 g/mol. The SMILES string of the molecule is CCCc1cccc(C(N)c2ncccc2Br)c1. The largest absolute Gasteiger partial charge is 0.319 e. The van der Waals surface area contributed by atoms with Crippen LogP contribution in [-0.4, -0.2) is 4.98 Å². The Hall–Kier alpha value is -1.19. The molecule has 2 N–H and O–H groups in total. The quantitative estimate of drug-likeness (QED) is 0.932. The lowest BCUT2D eigenvalue weighted by atomic mass is 10.00. The number of nitrogens with zero attached hydrogens (tertiary/aromatic N) is 1. The van der Waals surface area contributed by atoms with E-state index in [2.05, 4.69) is 52.1 Å². The first kappa shape index (κ1) is 13.2. The topological polar surface area (TPSA) is 38.9 Å². The van der Waals surface area contributed by atoms with Crippen molar-refractivity contribution >= 4 is 15.9 Å². The van der Waals surface area contributed by atoms with Gasteiger partial charge in [0, 0.05) is 10.7 Å². The molecular weight excluding hydrogens is 288 g/mol. The lowest BCUT2D eigenvalue weighted by Crippen LogP contribution is -2.14. The summed E-state index contributed by atoms with van der Waals surface area (Å²) >= 11 is 3.50. The highest BCUT2D eigenvalue weighted by Crippen LogP contribution is 2.25. The maximum absolute atomic E-state index is 6.29. The van der Waals surface area contributed by atoms with Crippen LogP contribution in [0, 0.1) is 0 Å². The first-order valence-electron chi connectivity index (χ1n) is 6.17. The third-order valence-corrected chi connectivity index (χ3v) is 3.60. The van der Waals surface area contributed by atoms with Gasteiger partial charge in [0.2, 0.25) is 0 Å². The molecule has 0 saturated carbocycles. The maximum Gasteiger partial charge on any atom is 0.0758 e. The van der Waals surface area contributed by atoms with E-state index in [0.29, 0.717) is 0 Å². The minimum absolute atomic E-state index is 0.183. The molecule has 1 aromatic carbocycles. The van der Waals surface area contributed by atoms with Crippen molar-refractivity contribution in [2.45, 2.75) is 25.8 Å². The zero-order valence-corrected chi connectivity index (χ0v) is 12.0. The fraction of sp³-hybridized carbons (Fsp3) is 0.267.